The number of rotatable bonds is 7. The van der Waals surface area contributed by atoms with Crippen LogP contribution in [0.15, 0.2) is 89.5 Å². The molecule has 1 aromatic heterocycles. The molecule has 36 heavy (non-hydrogen) atoms. The fourth-order valence-electron chi connectivity index (χ4n) is 4.92. The van der Waals surface area contributed by atoms with E-state index < -0.39 is 0 Å². The fraction of sp³-hybridized carbons (Fsp3) is 0.233. The van der Waals surface area contributed by atoms with Crippen LogP contribution >= 0.6 is 0 Å². The van der Waals surface area contributed by atoms with E-state index in [2.05, 4.69) is 29.0 Å². The molecule has 0 bridgehead atoms. The quantitative estimate of drug-likeness (QED) is 0.312. The average Bonchev–Trinajstić information content (AvgIpc) is 3.53. The van der Waals surface area contributed by atoms with E-state index >= 15 is 0 Å². The predicted molar refractivity (Wildman–Crippen MR) is 146 cm³/mol. The van der Waals surface area contributed by atoms with Crippen LogP contribution in [0, 0.1) is 0 Å². The number of nitrogens with zero attached hydrogens (tertiary/aromatic N) is 2. The zero-order chi connectivity index (χ0) is 25.2. The van der Waals surface area contributed by atoms with Crippen LogP contribution in [-0.4, -0.2) is 22.4 Å². The van der Waals surface area contributed by atoms with Crippen molar-refractivity contribution >= 4 is 39.7 Å². The van der Waals surface area contributed by atoms with Crippen molar-refractivity contribution < 1.29 is 9.59 Å². The molecule has 5 rings (SSSR count). The molecule has 0 fully saturated rings. The number of hydrogen-bond acceptors (Lipinski definition) is 4. The third kappa shape index (κ3) is 4.42. The van der Waals surface area contributed by atoms with Crippen LogP contribution in [-0.2, 0) is 22.4 Å². The number of aryl methyl sites for hydroxylation is 2. The first-order valence-corrected chi connectivity index (χ1v) is 12.5. The van der Waals surface area contributed by atoms with E-state index in [0.717, 1.165) is 41.5 Å². The Labute approximate surface area is 211 Å². The molecule has 1 aliphatic heterocycles. The standard InChI is InChI=1S/C30H30N4O2/c1-4-7-28(35)26-18-34(24-12-10-20-8-6-9-21(20)17-24)30(25(5-2)29(26)36)33-19(3)32-23-11-13-27-22(16-23)14-15-31-27/h5,10-18,31-32H,3-4,6-9H2,1-2H3/b25-5-,33-30+. The summed E-state index contributed by atoms with van der Waals surface area (Å²) in [7, 11) is 0. The highest BCUT2D eigenvalue weighted by molar-refractivity contribution is 6.40. The number of nitrogens with one attached hydrogen (secondary N) is 2. The number of carbonyl (C=O) groups excluding carboxylic acids is 2. The Balaban J connectivity index is 1.56. The summed E-state index contributed by atoms with van der Waals surface area (Å²) in [6.45, 7) is 7.85. The monoisotopic (exact) mass is 478 g/mol. The number of H-pyrrole nitrogens is 1. The summed E-state index contributed by atoms with van der Waals surface area (Å²) in [5.41, 5.74) is 6.02. The van der Waals surface area contributed by atoms with Gasteiger partial charge >= 0.3 is 0 Å². The van der Waals surface area contributed by atoms with Crippen LogP contribution in [0.2, 0.25) is 0 Å². The van der Waals surface area contributed by atoms with Gasteiger partial charge in [-0.1, -0.05) is 25.6 Å². The van der Waals surface area contributed by atoms with E-state index in [1.807, 2.05) is 48.4 Å². The second-order valence-corrected chi connectivity index (χ2v) is 9.21. The lowest BCUT2D eigenvalue weighted by Crippen LogP contribution is -2.38. The van der Waals surface area contributed by atoms with Gasteiger partial charge in [0.05, 0.1) is 11.1 Å². The summed E-state index contributed by atoms with van der Waals surface area (Å²) < 4.78 is 0. The van der Waals surface area contributed by atoms with Crippen LogP contribution in [0.3, 0.4) is 0 Å². The molecule has 0 spiro atoms. The highest BCUT2D eigenvalue weighted by atomic mass is 16.1. The van der Waals surface area contributed by atoms with Gasteiger partial charge in [0.2, 0.25) is 5.78 Å². The van der Waals surface area contributed by atoms with Gasteiger partial charge in [-0.25, -0.2) is 4.99 Å². The Morgan fingerprint density at radius 3 is 2.81 bits per heavy atom. The maximum Gasteiger partial charge on any atom is 0.201 e. The number of benzene rings is 2. The van der Waals surface area contributed by atoms with Crippen LogP contribution in [0.1, 0.15) is 44.2 Å². The van der Waals surface area contributed by atoms with Gasteiger partial charge < -0.3 is 15.2 Å². The van der Waals surface area contributed by atoms with Gasteiger partial charge in [0.1, 0.15) is 11.7 Å². The van der Waals surface area contributed by atoms with Crippen LogP contribution in [0.4, 0.5) is 11.4 Å². The summed E-state index contributed by atoms with van der Waals surface area (Å²) in [4.78, 5) is 36.1. The lowest BCUT2D eigenvalue weighted by atomic mass is 9.93. The van der Waals surface area contributed by atoms with Gasteiger partial charge in [0.15, 0.2) is 5.78 Å². The number of aromatic amines is 1. The molecule has 0 amide bonds. The lowest BCUT2D eigenvalue weighted by molar-refractivity contribution is -0.119. The molecule has 0 unspecified atom stereocenters. The molecular weight excluding hydrogens is 448 g/mol. The number of aliphatic imine (C=N–C) groups is 1. The number of allylic oxidation sites excluding steroid dienone is 2. The Bertz CT molecular complexity index is 1470. The van der Waals surface area contributed by atoms with Crippen molar-refractivity contribution in [2.75, 3.05) is 10.2 Å². The zero-order valence-corrected chi connectivity index (χ0v) is 20.7. The molecule has 2 aromatic carbocycles. The van der Waals surface area contributed by atoms with Crippen molar-refractivity contribution in [3.05, 3.63) is 95.6 Å². The molecule has 2 N–H and O–H groups in total. The van der Waals surface area contributed by atoms with Crippen molar-refractivity contribution in [1.29, 1.82) is 0 Å². The van der Waals surface area contributed by atoms with Crippen LogP contribution in [0.25, 0.3) is 10.9 Å². The van der Waals surface area contributed by atoms with Crippen LogP contribution < -0.4 is 10.2 Å². The molecular formula is C30H30N4O2. The van der Waals surface area contributed by atoms with E-state index in [4.69, 9.17) is 4.99 Å². The first-order chi connectivity index (χ1) is 17.5. The highest BCUT2D eigenvalue weighted by Crippen LogP contribution is 2.32. The molecule has 6 heteroatoms. The third-order valence-corrected chi connectivity index (χ3v) is 6.73. The predicted octanol–water partition coefficient (Wildman–Crippen LogP) is 6.23. The van der Waals surface area contributed by atoms with Crippen molar-refractivity contribution in [2.45, 2.75) is 46.0 Å². The first kappa shape index (κ1) is 23.5. The van der Waals surface area contributed by atoms with Gasteiger partial charge in [0, 0.05) is 41.1 Å². The molecule has 1 aliphatic carbocycles. The van der Waals surface area contributed by atoms with Gasteiger partial charge in [-0.05, 0) is 80.1 Å². The maximum absolute atomic E-state index is 13.4. The molecule has 2 heterocycles. The van der Waals surface area contributed by atoms with Crippen molar-refractivity contribution in [2.24, 2.45) is 4.99 Å². The van der Waals surface area contributed by atoms with E-state index in [1.165, 1.54) is 11.1 Å². The number of aromatic nitrogens is 1. The normalized spacial score (nSPS) is 17.6. The first-order valence-electron chi connectivity index (χ1n) is 12.5. The van der Waals surface area contributed by atoms with E-state index in [0.29, 0.717) is 30.1 Å². The summed E-state index contributed by atoms with van der Waals surface area (Å²) in [6.07, 6.45) is 9.54. The summed E-state index contributed by atoms with van der Waals surface area (Å²) in [5.74, 6) is 0.404. The zero-order valence-electron chi connectivity index (χ0n) is 20.7. The number of Topliss-reactive ketones (excluding diaryl/α,β-unsaturated/α-hetero) is 2. The second-order valence-electron chi connectivity index (χ2n) is 9.21. The van der Waals surface area contributed by atoms with Crippen molar-refractivity contribution in [1.82, 2.24) is 4.98 Å². The molecule has 2 aliphatic rings. The van der Waals surface area contributed by atoms with Crippen LogP contribution in [0.5, 0.6) is 0 Å². The number of hydrogen-bond donors (Lipinski definition) is 2. The minimum atomic E-state index is -0.298. The smallest absolute Gasteiger partial charge is 0.201 e. The van der Waals surface area contributed by atoms with Gasteiger partial charge in [-0.2, -0.15) is 0 Å². The number of carbonyl (C=O) groups is 2. The number of fused-ring (bicyclic) bond motifs is 2. The minimum absolute atomic E-state index is 0.149. The third-order valence-electron chi connectivity index (χ3n) is 6.73. The Hall–Kier alpha value is -4.19. The summed E-state index contributed by atoms with van der Waals surface area (Å²) >= 11 is 0. The molecule has 0 radical (unpaired) electrons. The van der Waals surface area contributed by atoms with Gasteiger partial charge in [0.25, 0.3) is 0 Å². The van der Waals surface area contributed by atoms with Crippen molar-refractivity contribution in [3.63, 3.8) is 0 Å². The van der Waals surface area contributed by atoms with Gasteiger partial charge in [-0.3, -0.25) is 9.59 Å². The van der Waals surface area contributed by atoms with E-state index in [9.17, 15) is 9.59 Å². The van der Waals surface area contributed by atoms with Crippen molar-refractivity contribution in [3.8, 4) is 0 Å². The SMILES string of the molecule is C=C(/N=C1\C(=C/C)C(=O)C(C(=O)CCC)=CN1c1ccc2c(c1)CCC2)Nc1ccc2[nH]ccc2c1. The second kappa shape index (κ2) is 9.82. The fourth-order valence-corrected chi connectivity index (χ4v) is 4.92. The molecule has 3 aromatic rings. The Morgan fingerprint density at radius 1 is 1.17 bits per heavy atom. The van der Waals surface area contributed by atoms with Gasteiger partial charge in [-0.15, -0.1) is 0 Å². The summed E-state index contributed by atoms with van der Waals surface area (Å²) in [5, 5.41) is 4.32. The Kier molecular flexibility index (Phi) is 6.42. The lowest BCUT2D eigenvalue weighted by Gasteiger charge is -2.30. The highest BCUT2D eigenvalue weighted by Gasteiger charge is 2.33. The number of ketones is 2. The topological polar surface area (TPSA) is 77.6 Å². The molecule has 0 saturated carbocycles. The Morgan fingerprint density at radius 2 is 2.00 bits per heavy atom. The largest absolute Gasteiger partial charge is 0.361 e. The average molecular weight is 479 g/mol. The molecule has 182 valence electrons. The minimum Gasteiger partial charge on any atom is -0.361 e. The molecule has 6 nitrogen and oxygen atoms in total. The summed E-state index contributed by atoms with van der Waals surface area (Å²) in [6, 6.07) is 14.3. The van der Waals surface area contributed by atoms with E-state index in [-0.39, 0.29) is 17.1 Å². The maximum atomic E-state index is 13.4. The van der Waals surface area contributed by atoms with E-state index in [1.54, 1.807) is 19.2 Å². The molecule has 0 saturated heterocycles. The molecule has 0 atom stereocenters. The number of anilines is 2. The number of amidine groups is 1.